The van der Waals surface area contributed by atoms with Crippen molar-refractivity contribution in [3.05, 3.63) is 64.6 Å². The van der Waals surface area contributed by atoms with Crippen molar-refractivity contribution < 1.29 is 4.74 Å². The Kier molecular flexibility index (Phi) is 3.10. The van der Waals surface area contributed by atoms with Crippen LogP contribution in [0.5, 0.6) is 5.75 Å². The average Bonchev–Trinajstić information content (AvgIpc) is 2.98. The third-order valence-corrected chi connectivity index (χ3v) is 4.02. The van der Waals surface area contributed by atoms with Gasteiger partial charge >= 0.3 is 0 Å². The second-order valence-corrected chi connectivity index (χ2v) is 5.37. The fourth-order valence-electron chi connectivity index (χ4n) is 2.76. The molecule has 2 heterocycles. The number of benzene rings is 2. The van der Waals surface area contributed by atoms with E-state index in [1.54, 1.807) is 13.3 Å². The zero-order chi connectivity index (χ0) is 16.7. The number of pyridine rings is 1. The van der Waals surface area contributed by atoms with Crippen LogP contribution in [0.15, 0.2) is 53.5 Å². The van der Waals surface area contributed by atoms with E-state index < -0.39 is 0 Å². The van der Waals surface area contributed by atoms with E-state index in [0.717, 1.165) is 33.4 Å². The molecule has 0 atom stereocenters. The van der Waals surface area contributed by atoms with Crippen molar-refractivity contribution in [2.24, 2.45) is 0 Å². The largest absolute Gasteiger partial charge is 0.497 e. The minimum atomic E-state index is -0.148. The van der Waals surface area contributed by atoms with Gasteiger partial charge in [0.15, 0.2) is 0 Å². The number of methoxy groups -OCH3 is 1. The van der Waals surface area contributed by atoms with E-state index in [9.17, 15) is 4.79 Å². The van der Waals surface area contributed by atoms with Crippen LogP contribution < -0.4 is 10.3 Å². The van der Waals surface area contributed by atoms with Crippen LogP contribution in [0.2, 0.25) is 0 Å². The molecule has 0 unspecified atom stereocenters. The molecule has 0 aliphatic carbocycles. The van der Waals surface area contributed by atoms with Gasteiger partial charge in [0.1, 0.15) is 5.75 Å². The summed E-state index contributed by atoms with van der Waals surface area (Å²) in [6.07, 6.45) is 7.01. The lowest BCUT2D eigenvalue weighted by Gasteiger charge is -2.03. The Morgan fingerprint density at radius 1 is 1.17 bits per heavy atom. The summed E-state index contributed by atoms with van der Waals surface area (Å²) in [5.74, 6) is 3.32. The van der Waals surface area contributed by atoms with Crippen LogP contribution >= 0.6 is 0 Å². The van der Waals surface area contributed by atoms with E-state index in [2.05, 4.69) is 16.0 Å². The van der Waals surface area contributed by atoms with Gasteiger partial charge in [-0.2, -0.15) is 0 Å². The van der Waals surface area contributed by atoms with Gasteiger partial charge < -0.3 is 4.74 Å². The molecule has 0 amide bonds. The van der Waals surface area contributed by atoms with Gasteiger partial charge in [0.2, 0.25) is 0 Å². The van der Waals surface area contributed by atoms with Gasteiger partial charge in [-0.3, -0.25) is 14.9 Å². The first-order valence-electron chi connectivity index (χ1n) is 7.36. The maximum absolute atomic E-state index is 12.7. The summed E-state index contributed by atoms with van der Waals surface area (Å²) in [5, 5.41) is 4.56. The van der Waals surface area contributed by atoms with Crippen LogP contribution in [0.25, 0.3) is 27.5 Å². The van der Waals surface area contributed by atoms with Gasteiger partial charge in [0, 0.05) is 17.1 Å². The highest BCUT2D eigenvalue weighted by Crippen LogP contribution is 2.22. The van der Waals surface area contributed by atoms with Crippen LogP contribution in [-0.4, -0.2) is 21.9 Å². The Bertz CT molecular complexity index is 1160. The molecule has 4 aromatic rings. The normalized spacial score (nSPS) is 10.8. The number of nitrogens with zero attached hydrogens (tertiary/aromatic N) is 2. The molecule has 4 rings (SSSR count). The van der Waals surface area contributed by atoms with Crippen LogP contribution in [0.4, 0.5) is 0 Å². The number of H-pyrrole nitrogens is 1. The van der Waals surface area contributed by atoms with Gasteiger partial charge in [0.25, 0.3) is 5.56 Å². The highest BCUT2D eigenvalue weighted by atomic mass is 16.5. The van der Waals surface area contributed by atoms with E-state index in [0.29, 0.717) is 5.39 Å². The van der Waals surface area contributed by atoms with Gasteiger partial charge in [0.05, 0.1) is 29.2 Å². The van der Waals surface area contributed by atoms with Crippen molar-refractivity contribution in [1.82, 2.24) is 14.8 Å². The maximum Gasteiger partial charge on any atom is 0.280 e. The molecule has 2 aromatic heterocycles. The molecule has 5 nitrogen and oxygen atoms in total. The molecule has 0 bridgehead atoms. The molecular formula is C19H13N3O2. The van der Waals surface area contributed by atoms with Crippen molar-refractivity contribution >= 4 is 21.8 Å². The molecule has 5 heteroatoms. The topological polar surface area (TPSA) is 59.9 Å². The third kappa shape index (κ3) is 2.05. The van der Waals surface area contributed by atoms with Crippen LogP contribution in [0.1, 0.15) is 5.56 Å². The predicted molar refractivity (Wildman–Crippen MR) is 93.7 cm³/mol. The van der Waals surface area contributed by atoms with Crippen molar-refractivity contribution in [1.29, 1.82) is 0 Å². The van der Waals surface area contributed by atoms with Crippen molar-refractivity contribution in [3.8, 4) is 23.8 Å². The number of aromatic nitrogens is 3. The molecule has 0 fully saturated rings. The number of rotatable bonds is 2. The number of fused-ring (bicyclic) bond motifs is 3. The fourth-order valence-corrected chi connectivity index (χ4v) is 2.76. The third-order valence-electron chi connectivity index (χ3n) is 4.02. The molecule has 24 heavy (non-hydrogen) atoms. The van der Waals surface area contributed by atoms with E-state index in [1.165, 1.54) is 4.68 Å². The number of hydrogen-bond acceptors (Lipinski definition) is 3. The standard InChI is InChI=1S/C19H13N3O2/c1-3-12-4-9-15-17(10-12)20-11-16-18(15)21-22(19(16)23)13-5-7-14(24-2)8-6-13/h1,4-11,21H,2H3. The number of aromatic amines is 1. The Balaban J connectivity index is 1.98. The Labute approximate surface area is 137 Å². The molecule has 1 N–H and O–H groups in total. The summed E-state index contributed by atoms with van der Waals surface area (Å²) in [7, 11) is 1.60. The lowest BCUT2D eigenvalue weighted by atomic mass is 10.1. The van der Waals surface area contributed by atoms with Gasteiger partial charge in [-0.1, -0.05) is 5.92 Å². The first-order chi connectivity index (χ1) is 11.7. The highest BCUT2D eigenvalue weighted by Gasteiger charge is 2.12. The predicted octanol–water partition coefficient (Wildman–Crippen LogP) is 2.86. The van der Waals surface area contributed by atoms with Crippen LogP contribution in [0.3, 0.4) is 0 Å². The quantitative estimate of drug-likeness (QED) is 0.579. The first kappa shape index (κ1) is 14.1. The minimum absolute atomic E-state index is 0.148. The van der Waals surface area contributed by atoms with Gasteiger partial charge in [-0.25, -0.2) is 4.68 Å². The average molecular weight is 315 g/mol. The van der Waals surface area contributed by atoms with Gasteiger partial charge in [-0.15, -0.1) is 6.42 Å². The first-order valence-corrected chi connectivity index (χ1v) is 7.36. The molecule has 116 valence electrons. The van der Waals surface area contributed by atoms with E-state index in [4.69, 9.17) is 11.2 Å². The van der Waals surface area contributed by atoms with Crippen LogP contribution in [-0.2, 0) is 0 Å². The summed E-state index contributed by atoms with van der Waals surface area (Å²) in [6.45, 7) is 0. The number of ether oxygens (including phenoxy) is 1. The fraction of sp³-hybridized carbons (Fsp3) is 0.0526. The van der Waals surface area contributed by atoms with Crippen molar-refractivity contribution in [3.63, 3.8) is 0 Å². The molecule has 2 aromatic carbocycles. The molecule has 0 aliphatic rings. The smallest absolute Gasteiger partial charge is 0.280 e. The Morgan fingerprint density at radius 3 is 2.67 bits per heavy atom. The molecule has 0 saturated carbocycles. The highest BCUT2D eigenvalue weighted by molar-refractivity contribution is 6.03. The Hall–Kier alpha value is -3.52. The van der Waals surface area contributed by atoms with E-state index >= 15 is 0 Å². The van der Waals surface area contributed by atoms with Crippen molar-refractivity contribution in [2.45, 2.75) is 0 Å². The number of nitrogens with one attached hydrogen (secondary N) is 1. The zero-order valence-electron chi connectivity index (χ0n) is 12.9. The van der Waals surface area contributed by atoms with Crippen LogP contribution in [0, 0.1) is 12.3 Å². The number of terminal acetylenes is 1. The summed E-state index contributed by atoms with van der Waals surface area (Å²) in [6, 6.07) is 12.8. The Morgan fingerprint density at radius 2 is 1.96 bits per heavy atom. The molecule has 0 radical (unpaired) electrons. The molecule has 0 spiro atoms. The lowest BCUT2D eigenvalue weighted by molar-refractivity contribution is 0.414. The summed E-state index contributed by atoms with van der Waals surface area (Å²) in [4.78, 5) is 17.0. The summed E-state index contributed by atoms with van der Waals surface area (Å²) < 4.78 is 6.65. The number of hydrogen-bond donors (Lipinski definition) is 1. The second-order valence-electron chi connectivity index (χ2n) is 5.37. The summed E-state index contributed by atoms with van der Waals surface area (Å²) >= 11 is 0. The zero-order valence-corrected chi connectivity index (χ0v) is 12.9. The van der Waals surface area contributed by atoms with E-state index in [-0.39, 0.29) is 5.56 Å². The van der Waals surface area contributed by atoms with Crippen molar-refractivity contribution in [2.75, 3.05) is 7.11 Å². The lowest BCUT2D eigenvalue weighted by Crippen LogP contribution is -2.14. The molecule has 0 saturated heterocycles. The maximum atomic E-state index is 12.7. The van der Waals surface area contributed by atoms with Gasteiger partial charge in [-0.05, 0) is 42.5 Å². The molecular weight excluding hydrogens is 302 g/mol. The second kappa shape index (κ2) is 5.28. The minimum Gasteiger partial charge on any atom is -0.497 e. The SMILES string of the molecule is C#Cc1ccc2c(c1)ncc1c(=O)n(-c3ccc(OC)cc3)[nH]c12. The summed E-state index contributed by atoms with van der Waals surface area (Å²) in [5.41, 5.74) is 2.83. The molecule has 0 aliphatic heterocycles. The monoisotopic (exact) mass is 315 g/mol. The van der Waals surface area contributed by atoms with E-state index in [1.807, 2.05) is 42.5 Å².